The molecule has 0 saturated heterocycles. The molecule has 0 spiro atoms. The molecule has 3 nitrogen and oxygen atoms in total. The van der Waals surface area contributed by atoms with Gasteiger partial charge < -0.3 is 13.7 Å². The Bertz CT molecular complexity index is 6210. The molecule has 18 aromatic rings. The first kappa shape index (κ1) is 40.9. The van der Waals surface area contributed by atoms with Crippen molar-refractivity contribution in [3.8, 4) is 39.3 Å². The van der Waals surface area contributed by atoms with Crippen LogP contribution in [-0.2, 0) is 0 Å². The van der Waals surface area contributed by atoms with Gasteiger partial charge in [0, 0.05) is 54.8 Å². The highest BCUT2D eigenvalue weighted by atomic mass is 28.3. The van der Waals surface area contributed by atoms with E-state index in [0.717, 1.165) is 119 Å². The van der Waals surface area contributed by atoms with E-state index >= 15 is 0 Å². The third kappa shape index (κ3) is 7.49. The topological polar surface area (TPSA) is 14.8 Å². The van der Waals surface area contributed by atoms with Gasteiger partial charge in [0.25, 0.3) is 0 Å². The number of para-hydroxylation sites is 3. The maximum atomic E-state index is 9.26. The van der Waals surface area contributed by atoms with E-state index in [1.54, 1.807) is 12.1 Å². The van der Waals surface area contributed by atoms with Crippen LogP contribution in [0.1, 0.15) is 13.7 Å². The summed E-state index contributed by atoms with van der Waals surface area (Å²) in [4.78, 5) is 0. The molecule has 0 atom stereocenters. The van der Waals surface area contributed by atoms with Crippen LogP contribution in [0.5, 0.6) is 0 Å². The Morgan fingerprint density at radius 3 is 1.20 bits per heavy atom. The lowest BCUT2D eigenvalue weighted by Gasteiger charge is -2.35. The van der Waals surface area contributed by atoms with Gasteiger partial charge in [-0.3, -0.25) is 0 Å². The largest absolute Gasteiger partial charge is 0.309 e. The second-order valence-electron chi connectivity index (χ2n) is 22.8. The standard InChI is InChI=1S/C84H55N3Si/c1-4-23-56(24-5-1)58-27-20-32-64(51-58)88(63-30-8-3-9-31-63,65-33-21-28-59(52-65)57-25-6-2-7-26-57)66-34-22-29-60(53-66)87-81-50-48-74-69-37-11-10-35-67(69)68-36-12-13-41-73(68)83(74)84(81)75-47-45-62(55-82(75)87)86-79-44-19-16-40-72(79)76-54-61(46-49-80(76)86)85-77-42-17-14-38-70(77)71-39-15-18-43-78(71)85/h1-55H/i1D,2D,4D,5D,6D,7D,23D,24D,25D,26D. The maximum Gasteiger partial charge on any atom is 0.179 e. The summed E-state index contributed by atoms with van der Waals surface area (Å²) in [5, 5.41) is 17.2. The molecule has 0 aliphatic heterocycles. The Morgan fingerprint density at radius 1 is 0.216 bits per heavy atom. The molecule has 4 heteroatoms. The number of rotatable bonds is 9. The molecule has 0 bridgehead atoms. The van der Waals surface area contributed by atoms with Crippen molar-refractivity contribution in [3.05, 3.63) is 333 Å². The van der Waals surface area contributed by atoms with Crippen LogP contribution < -0.4 is 20.7 Å². The van der Waals surface area contributed by atoms with Crippen molar-refractivity contribution in [2.24, 2.45) is 0 Å². The van der Waals surface area contributed by atoms with Gasteiger partial charge in [-0.2, -0.15) is 0 Å². The first-order chi connectivity index (χ1) is 47.8. The zero-order valence-corrected chi connectivity index (χ0v) is 48.3. The van der Waals surface area contributed by atoms with Gasteiger partial charge in [-0.15, -0.1) is 0 Å². The van der Waals surface area contributed by atoms with Crippen molar-refractivity contribution in [3.63, 3.8) is 0 Å². The molecule has 88 heavy (non-hydrogen) atoms. The monoisotopic (exact) mass is 1140 g/mol. The van der Waals surface area contributed by atoms with E-state index in [0.29, 0.717) is 11.1 Å². The predicted molar refractivity (Wildman–Crippen MR) is 376 cm³/mol. The Balaban J connectivity index is 0.937. The molecule has 3 heterocycles. The summed E-state index contributed by atoms with van der Waals surface area (Å²) in [5.74, 6) is 0. The first-order valence-corrected chi connectivity index (χ1v) is 31.7. The van der Waals surface area contributed by atoms with Gasteiger partial charge in [0.15, 0.2) is 8.07 Å². The van der Waals surface area contributed by atoms with Gasteiger partial charge in [-0.05, 0) is 137 Å². The molecule has 0 saturated carbocycles. The number of nitrogens with zero attached hydrogens (tertiary/aromatic N) is 3. The number of hydrogen-bond acceptors (Lipinski definition) is 0. The van der Waals surface area contributed by atoms with Gasteiger partial charge in [0.1, 0.15) is 0 Å². The molecular weight excluding hydrogens is 1080 g/mol. The van der Waals surface area contributed by atoms with Crippen LogP contribution in [0.3, 0.4) is 0 Å². The highest BCUT2D eigenvalue weighted by Gasteiger charge is 2.42. The molecule has 0 N–H and O–H groups in total. The van der Waals surface area contributed by atoms with E-state index in [4.69, 9.17) is 8.22 Å². The van der Waals surface area contributed by atoms with Crippen molar-refractivity contribution in [2.75, 3.05) is 0 Å². The average Bonchev–Trinajstić information content (AvgIpc) is 1.26. The van der Waals surface area contributed by atoms with E-state index in [2.05, 4.69) is 220 Å². The quantitative estimate of drug-likeness (QED) is 0.0777. The van der Waals surface area contributed by atoms with Crippen LogP contribution in [0.2, 0.25) is 0 Å². The zero-order valence-electron chi connectivity index (χ0n) is 57.3. The van der Waals surface area contributed by atoms with E-state index < -0.39 is 44.3 Å². The highest BCUT2D eigenvalue weighted by molar-refractivity contribution is 7.20. The molecule has 0 radical (unpaired) electrons. The van der Waals surface area contributed by atoms with Crippen molar-refractivity contribution in [1.82, 2.24) is 13.7 Å². The zero-order chi connectivity index (χ0) is 66.6. The summed E-state index contributed by atoms with van der Waals surface area (Å²) in [6, 6.07) is 91.7. The Kier molecular flexibility index (Phi) is 9.24. The minimum absolute atomic E-state index is 0.0656. The summed E-state index contributed by atoms with van der Waals surface area (Å²) in [6.07, 6.45) is 0. The minimum atomic E-state index is -3.86. The second kappa shape index (κ2) is 19.9. The third-order valence-electron chi connectivity index (χ3n) is 18.3. The van der Waals surface area contributed by atoms with Crippen LogP contribution in [0, 0.1) is 0 Å². The van der Waals surface area contributed by atoms with Crippen LogP contribution >= 0.6 is 0 Å². The normalized spacial score (nSPS) is 13.7. The van der Waals surface area contributed by atoms with Crippen LogP contribution in [0.15, 0.2) is 333 Å². The molecule has 0 aliphatic rings. The molecular formula is C84H55N3Si. The molecule has 18 rings (SSSR count). The summed E-state index contributed by atoms with van der Waals surface area (Å²) >= 11 is 0. The second-order valence-corrected chi connectivity index (χ2v) is 26.6. The number of hydrogen-bond donors (Lipinski definition) is 0. The SMILES string of the molecule is [2H]c1c([2H])c([2H])c(-c2cccc([Si](c3ccccc3)(c3cccc(-c4c([2H])c([2H])c([2H])c([2H])c4[2H])c3)c3cccc(-n4c5cc(-n6c7ccccc7c7cc(-n8c9ccccc9c9ccccc98)ccc76)ccc5c5c6c7ccccc7c7ccccc7c6ccc54)c3)c2)c([2H])c1[2H]. The van der Waals surface area contributed by atoms with Crippen molar-refractivity contribution >= 4 is 127 Å². The Hall–Kier alpha value is -11.3. The van der Waals surface area contributed by atoms with E-state index in [1.807, 2.05) is 54.6 Å². The van der Waals surface area contributed by atoms with Crippen LogP contribution in [0.25, 0.3) is 137 Å². The Morgan fingerprint density at radius 2 is 0.614 bits per heavy atom. The molecule has 3 aromatic heterocycles. The van der Waals surface area contributed by atoms with Crippen molar-refractivity contribution in [1.29, 1.82) is 0 Å². The van der Waals surface area contributed by atoms with Gasteiger partial charge in [0.2, 0.25) is 0 Å². The van der Waals surface area contributed by atoms with Gasteiger partial charge in [0.05, 0.1) is 46.8 Å². The van der Waals surface area contributed by atoms with E-state index in [9.17, 15) is 5.48 Å². The molecule has 0 unspecified atom stereocenters. The fourth-order valence-electron chi connectivity index (χ4n) is 14.7. The first-order valence-electron chi connectivity index (χ1n) is 34.7. The fourth-order valence-corrected chi connectivity index (χ4v) is 19.5. The summed E-state index contributed by atoms with van der Waals surface area (Å²) in [5.41, 5.74) is 10.2. The third-order valence-corrected chi connectivity index (χ3v) is 23.0. The van der Waals surface area contributed by atoms with Crippen LogP contribution in [-0.4, -0.2) is 21.8 Å². The lowest BCUT2D eigenvalue weighted by Crippen LogP contribution is -2.74. The van der Waals surface area contributed by atoms with Gasteiger partial charge in [-0.1, -0.05) is 267 Å². The highest BCUT2D eigenvalue weighted by Crippen LogP contribution is 2.45. The van der Waals surface area contributed by atoms with Gasteiger partial charge in [-0.25, -0.2) is 0 Å². The van der Waals surface area contributed by atoms with E-state index in [1.165, 1.54) is 16.2 Å². The minimum Gasteiger partial charge on any atom is -0.309 e. The lowest BCUT2D eigenvalue weighted by atomic mass is 9.92. The molecule has 15 aromatic carbocycles. The average molecular weight is 1140 g/mol. The molecule has 0 fully saturated rings. The van der Waals surface area contributed by atoms with Crippen molar-refractivity contribution < 1.29 is 13.7 Å². The molecule has 410 valence electrons. The smallest absolute Gasteiger partial charge is 0.179 e. The summed E-state index contributed by atoms with van der Waals surface area (Å²) in [7, 11) is -3.86. The van der Waals surface area contributed by atoms with Crippen molar-refractivity contribution in [2.45, 2.75) is 0 Å². The maximum absolute atomic E-state index is 9.26. The lowest BCUT2D eigenvalue weighted by molar-refractivity contribution is 1.15. The Labute approximate surface area is 524 Å². The molecule has 0 amide bonds. The fraction of sp³-hybridized carbons (Fsp3) is 0. The number of benzene rings is 15. The summed E-state index contributed by atoms with van der Waals surface area (Å²) < 4.78 is 96.5. The van der Waals surface area contributed by atoms with E-state index in [-0.39, 0.29) is 35.3 Å². The number of fused-ring (bicyclic) bond motifs is 16. The van der Waals surface area contributed by atoms with Gasteiger partial charge >= 0.3 is 0 Å². The number of aromatic nitrogens is 3. The predicted octanol–water partition coefficient (Wildman–Crippen LogP) is 19.1. The summed E-state index contributed by atoms with van der Waals surface area (Å²) in [6.45, 7) is 0. The van der Waals surface area contributed by atoms with Crippen LogP contribution in [0.4, 0.5) is 0 Å². The molecule has 0 aliphatic carbocycles.